The van der Waals surface area contributed by atoms with E-state index in [4.69, 9.17) is 0 Å². The minimum Gasteiger partial charge on any atom is -0.347 e. The van der Waals surface area contributed by atoms with Gasteiger partial charge in [0, 0.05) is 24.2 Å². The highest BCUT2D eigenvalue weighted by Crippen LogP contribution is 2.29. The lowest BCUT2D eigenvalue weighted by molar-refractivity contribution is -0.137. The van der Waals surface area contributed by atoms with Gasteiger partial charge in [0.2, 0.25) is 5.91 Å². The van der Waals surface area contributed by atoms with Crippen LogP contribution < -0.4 is 10.2 Å². The Labute approximate surface area is 146 Å². The third kappa shape index (κ3) is 3.84. The molecule has 26 heavy (non-hydrogen) atoms. The van der Waals surface area contributed by atoms with Crippen LogP contribution in [0.4, 0.5) is 23.2 Å². The molecule has 1 saturated heterocycles. The van der Waals surface area contributed by atoms with Crippen LogP contribution in [0.1, 0.15) is 22.3 Å². The van der Waals surface area contributed by atoms with E-state index in [1.165, 1.54) is 29.2 Å². The third-order valence-electron chi connectivity index (χ3n) is 4.03. The molecule has 0 saturated carbocycles. The van der Waals surface area contributed by atoms with Crippen molar-refractivity contribution in [3.63, 3.8) is 0 Å². The van der Waals surface area contributed by atoms with Gasteiger partial charge < -0.3 is 10.2 Å². The van der Waals surface area contributed by atoms with E-state index >= 15 is 0 Å². The Bertz CT molecular complexity index is 851. The van der Waals surface area contributed by atoms with Crippen LogP contribution in [-0.2, 0) is 11.0 Å². The second kappa shape index (κ2) is 6.78. The van der Waals surface area contributed by atoms with E-state index < -0.39 is 29.5 Å². The van der Waals surface area contributed by atoms with E-state index in [1.807, 2.05) is 0 Å². The number of nitrogens with one attached hydrogen (secondary N) is 1. The number of halogens is 4. The summed E-state index contributed by atoms with van der Waals surface area (Å²) >= 11 is 0. The Kier molecular flexibility index (Phi) is 4.67. The SMILES string of the molecule is O=C(NC1CC(=O)N(c2cccc(F)c2)C1)c1cccc(C(F)(F)F)c1. The first-order valence-electron chi connectivity index (χ1n) is 7.78. The van der Waals surface area contributed by atoms with Crippen LogP contribution in [0.2, 0.25) is 0 Å². The van der Waals surface area contributed by atoms with Gasteiger partial charge in [-0.1, -0.05) is 12.1 Å². The van der Waals surface area contributed by atoms with Crippen molar-refractivity contribution in [1.82, 2.24) is 5.32 Å². The maximum atomic E-state index is 13.3. The Hall–Kier alpha value is -2.90. The monoisotopic (exact) mass is 366 g/mol. The summed E-state index contributed by atoms with van der Waals surface area (Å²) in [6, 6.07) is 8.96. The second-order valence-corrected chi connectivity index (χ2v) is 5.94. The van der Waals surface area contributed by atoms with Crippen LogP contribution in [0.3, 0.4) is 0 Å². The zero-order valence-electron chi connectivity index (χ0n) is 13.4. The van der Waals surface area contributed by atoms with Gasteiger partial charge in [-0.2, -0.15) is 13.2 Å². The number of hydrogen-bond donors (Lipinski definition) is 1. The van der Waals surface area contributed by atoms with E-state index in [1.54, 1.807) is 6.07 Å². The summed E-state index contributed by atoms with van der Waals surface area (Å²) in [4.78, 5) is 25.7. The van der Waals surface area contributed by atoms with Crippen molar-refractivity contribution in [1.29, 1.82) is 0 Å². The summed E-state index contributed by atoms with van der Waals surface area (Å²) < 4.78 is 51.5. The van der Waals surface area contributed by atoms with Gasteiger partial charge in [-0.25, -0.2) is 4.39 Å². The number of amides is 2. The van der Waals surface area contributed by atoms with Crippen molar-refractivity contribution in [2.75, 3.05) is 11.4 Å². The van der Waals surface area contributed by atoms with Crippen molar-refractivity contribution in [2.24, 2.45) is 0 Å². The zero-order chi connectivity index (χ0) is 18.9. The average Bonchev–Trinajstić information content (AvgIpc) is 2.94. The quantitative estimate of drug-likeness (QED) is 0.847. The average molecular weight is 366 g/mol. The highest BCUT2D eigenvalue weighted by Gasteiger charge is 2.33. The molecule has 1 unspecified atom stereocenters. The molecule has 0 spiro atoms. The molecule has 2 aromatic rings. The van der Waals surface area contributed by atoms with Crippen LogP contribution in [-0.4, -0.2) is 24.4 Å². The molecular weight excluding hydrogens is 352 g/mol. The first-order chi connectivity index (χ1) is 12.2. The van der Waals surface area contributed by atoms with Crippen LogP contribution in [0.15, 0.2) is 48.5 Å². The Morgan fingerprint density at radius 2 is 1.85 bits per heavy atom. The molecule has 8 heteroatoms. The van der Waals surface area contributed by atoms with Crippen molar-refractivity contribution in [3.8, 4) is 0 Å². The minimum atomic E-state index is -4.55. The first kappa shape index (κ1) is 17.9. The molecule has 0 aromatic heterocycles. The van der Waals surface area contributed by atoms with Crippen molar-refractivity contribution >= 4 is 17.5 Å². The van der Waals surface area contributed by atoms with Crippen LogP contribution in [0.5, 0.6) is 0 Å². The van der Waals surface area contributed by atoms with E-state index in [0.717, 1.165) is 18.2 Å². The summed E-state index contributed by atoms with van der Waals surface area (Å²) in [5, 5.41) is 2.56. The molecule has 136 valence electrons. The predicted octanol–water partition coefficient (Wildman–Crippen LogP) is 3.38. The van der Waals surface area contributed by atoms with Gasteiger partial charge in [-0.05, 0) is 36.4 Å². The number of carbonyl (C=O) groups excluding carboxylic acids is 2. The van der Waals surface area contributed by atoms with Crippen LogP contribution in [0, 0.1) is 5.82 Å². The lowest BCUT2D eigenvalue weighted by atomic mass is 10.1. The molecule has 1 atom stereocenters. The lowest BCUT2D eigenvalue weighted by Crippen LogP contribution is -2.37. The predicted molar refractivity (Wildman–Crippen MR) is 86.1 cm³/mol. The van der Waals surface area contributed by atoms with E-state index in [2.05, 4.69) is 5.32 Å². The highest BCUT2D eigenvalue weighted by atomic mass is 19.4. The van der Waals surface area contributed by atoms with Crippen molar-refractivity contribution in [3.05, 3.63) is 65.5 Å². The van der Waals surface area contributed by atoms with Crippen molar-refractivity contribution < 1.29 is 27.2 Å². The first-order valence-corrected chi connectivity index (χ1v) is 7.78. The molecule has 1 fully saturated rings. The molecule has 1 aliphatic rings. The molecular formula is C18H14F4N2O2. The van der Waals surface area contributed by atoms with Crippen LogP contribution >= 0.6 is 0 Å². The third-order valence-corrected chi connectivity index (χ3v) is 4.03. The fourth-order valence-electron chi connectivity index (χ4n) is 2.80. The number of rotatable bonds is 3. The molecule has 4 nitrogen and oxygen atoms in total. The maximum absolute atomic E-state index is 13.3. The van der Waals surface area contributed by atoms with Gasteiger partial charge in [0.25, 0.3) is 5.91 Å². The fourth-order valence-corrected chi connectivity index (χ4v) is 2.80. The Morgan fingerprint density at radius 3 is 2.54 bits per heavy atom. The normalized spacial score (nSPS) is 17.5. The van der Waals surface area contributed by atoms with Gasteiger partial charge in [0.05, 0.1) is 11.6 Å². The van der Waals surface area contributed by atoms with Gasteiger partial charge in [-0.15, -0.1) is 0 Å². The molecule has 3 rings (SSSR count). The van der Waals surface area contributed by atoms with Crippen molar-refractivity contribution in [2.45, 2.75) is 18.6 Å². The number of benzene rings is 2. The zero-order valence-corrected chi connectivity index (χ0v) is 13.4. The second-order valence-electron chi connectivity index (χ2n) is 5.94. The van der Waals surface area contributed by atoms with E-state index in [9.17, 15) is 27.2 Å². The molecule has 1 heterocycles. The molecule has 0 bridgehead atoms. The summed E-state index contributed by atoms with van der Waals surface area (Å²) in [6.07, 6.45) is -4.56. The number of anilines is 1. The number of nitrogens with zero attached hydrogens (tertiary/aromatic N) is 1. The topological polar surface area (TPSA) is 49.4 Å². The number of carbonyl (C=O) groups is 2. The summed E-state index contributed by atoms with van der Waals surface area (Å²) in [6.45, 7) is 0.118. The van der Waals surface area contributed by atoms with Gasteiger partial charge in [-0.3, -0.25) is 9.59 Å². The number of alkyl halides is 3. The van der Waals surface area contributed by atoms with Crippen LogP contribution in [0.25, 0.3) is 0 Å². The standard InChI is InChI=1S/C18H14F4N2O2/c19-13-5-2-6-15(8-13)24-10-14(9-16(24)25)23-17(26)11-3-1-4-12(7-11)18(20,21)22/h1-8,14H,9-10H2,(H,23,26). The molecule has 0 radical (unpaired) electrons. The van der Waals surface area contributed by atoms with E-state index in [-0.39, 0.29) is 24.4 Å². The summed E-state index contributed by atoms with van der Waals surface area (Å²) in [7, 11) is 0. The smallest absolute Gasteiger partial charge is 0.347 e. The fraction of sp³-hybridized carbons (Fsp3) is 0.222. The van der Waals surface area contributed by atoms with Gasteiger partial charge in [0.1, 0.15) is 5.82 Å². The Morgan fingerprint density at radius 1 is 1.12 bits per heavy atom. The highest BCUT2D eigenvalue weighted by molar-refractivity contribution is 5.99. The Balaban J connectivity index is 1.70. The molecule has 2 amide bonds. The lowest BCUT2D eigenvalue weighted by Gasteiger charge is -2.17. The number of hydrogen-bond acceptors (Lipinski definition) is 2. The van der Waals surface area contributed by atoms with Gasteiger partial charge in [0.15, 0.2) is 0 Å². The molecule has 0 aliphatic carbocycles. The van der Waals surface area contributed by atoms with E-state index in [0.29, 0.717) is 5.69 Å². The molecule has 1 N–H and O–H groups in total. The van der Waals surface area contributed by atoms with Gasteiger partial charge >= 0.3 is 6.18 Å². The minimum absolute atomic E-state index is 0.0127. The summed E-state index contributed by atoms with van der Waals surface area (Å²) in [5.74, 6) is -1.49. The maximum Gasteiger partial charge on any atom is 0.416 e. The summed E-state index contributed by atoms with van der Waals surface area (Å²) in [5.41, 5.74) is -0.698. The molecule has 2 aromatic carbocycles. The largest absolute Gasteiger partial charge is 0.416 e. The molecule has 1 aliphatic heterocycles.